The minimum absolute atomic E-state index is 0.663. The van der Waals surface area contributed by atoms with Crippen molar-refractivity contribution in [2.75, 3.05) is 6.54 Å². The largest absolute Gasteiger partial charge is 0.331 e. The number of imidazole rings is 1. The van der Waals surface area contributed by atoms with Gasteiger partial charge in [0.05, 0.1) is 11.0 Å². The van der Waals surface area contributed by atoms with Crippen LogP contribution in [0.2, 0.25) is 0 Å². The third-order valence-electron chi connectivity index (χ3n) is 4.16. The summed E-state index contributed by atoms with van der Waals surface area (Å²) in [5.74, 6) is 1.20. The van der Waals surface area contributed by atoms with Crippen LogP contribution in [0.1, 0.15) is 37.6 Å². The molecule has 102 valence electrons. The van der Waals surface area contributed by atoms with Gasteiger partial charge in [0.2, 0.25) is 0 Å². The van der Waals surface area contributed by atoms with E-state index in [0.29, 0.717) is 6.04 Å². The first-order valence-corrected chi connectivity index (χ1v) is 7.45. The van der Waals surface area contributed by atoms with E-state index in [1.165, 1.54) is 36.3 Å². The monoisotopic (exact) mass is 257 g/mol. The van der Waals surface area contributed by atoms with Crippen LogP contribution in [0.4, 0.5) is 0 Å². The minimum atomic E-state index is 0.663. The topological polar surface area (TPSA) is 29.9 Å². The van der Waals surface area contributed by atoms with Crippen LogP contribution in [0, 0.1) is 0 Å². The molecule has 0 radical (unpaired) electrons. The molecule has 19 heavy (non-hydrogen) atoms. The number of aromatic nitrogens is 2. The van der Waals surface area contributed by atoms with Gasteiger partial charge >= 0.3 is 0 Å². The highest BCUT2D eigenvalue weighted by Gasteiger charge is 2.15. The zero-order valence-corrected chi connectivity index (χ0v) is 11.9. The van der Waals surface area contributed by atoms with Gasteiger partial charge in [-0.2, -0.15) is 0 Å². The van der Waals surface area contributed by atoms with E-state index >= 15 is 0 Å². The van der Waals surface area contributed by atoms with Crippen molar-refractivity contribution in [1.29, 1.82) is 0 Å². The Kier molecular flexibility index (Phi) is 3.56. The second kappa shape index (κ2) is 5.33. The summed E-state index contributed by atoms with van der Waals surface area (Å²) in [6.07, 6.45) is 5.97. The van der Waals surface area contributed by atoms with Crippen LogP contribution in [0.25, 0.3) is 11.0 Å². The molecule has 3 heteroatoms. The maximum atomic E-state index is 4.78. The van der Waals surface area contributed by atoms with Crippen molar-refractivity contribution in [2.45, 2.75) is 45.1 Å². The van der Waals surface area contributed by atoms with Crippen LogP contribution in [0.5, 0.6) is 0 Å². The Hall–Kier alpha value is -1.35. The molecule has 1 aliphatic heterocycles. The molecule has 2 aromatic rings. The molecule has 0 aliphatic carbocycles. The summed E-state index contributed by atoms with van der Waals surface area (Å²) < 4.78 is 2.23. The zero-order chi connectivity index (χ0) is 13.2. The van der Waals surface area contributed by atoms with E-state index in [9.17, 15) is 0 Å². The summed E-state index contributed by atoms with van der Waals surface area (Å²) in [7, 11) is 2.12. The van der Waals surface area contributed by atoms with E-state index in [1.807, 2.05) is 0 Å². The molecule has 3 rings (SSSR count). The van der Waals surface area contributed by atoms with Gasteiger partial charge in [-0.05, 0) is 49.9 Å². The highest BCUT2D eigenvalue weighted by atomic mass is 15.1. The number of hydrogen-bond acceptors (Lipinski definition) is 2. The Morgan fingerprint density at radius 1 is 1.42 bits per heavy atom. The lowest BCUT2D eigenvalue weighted by atomic mass is 10.0. The number of nitrogens with zero attached hydrogens (tertiary/aromatic N) is 2. The molecule has 1 N–H and O–H groups in total. The third kappa shape index (κ3) is 2.52. The molecule has 0 bridgehead atoms. The Morgan fingerprint density at radius 2 is 2.32 bits per heavy atom. The number of nitrogens with one attached hydrogen (secondary N) is 1. The van der Waals surface area contributed by atoms with Crippen molar-refractivity contribution in [3.05, 3.63) is 29.6 Å². The molecule has 2 heterocycles. The fourth-order valence-corrected chi connectivity index (χ4v) is 3.08. The smallest absolute Gasteiger partial charge is 0.109 e. The summed E-state index contributed by atoms with van der Waals surface area (Å²) in [4.78, 5) is 4.78. The predicted octanol–water partition coefficient (Wildman–Crippen LogP) is 2.82. The lowest BCUT2D eigenvalue weighted by Gasteiger charge is -2.09. The van der Waals surface area contributed by atoms with Gasteiger partial charge in [-0.25, -0.2) is 4.98 Å². The Bertz CT molecular complexity index is 565. The van der Waals surface area contributed by atoms with Gasteiger partial charge in [-0.15, -0.1) is 0 Å². The molecule has 3 nitrogen and oxygen atoms in total. The van der Waals surface area contributed by atoms with Crippen LogP contribution < -0.4 is 5.32 Å². The van der Waals surface area contributed by atoms with E-state index < -0.39 is 0 Å². The van der Waals surface area contributed by atoms with E-state index in [1.54, 1.807) is 0 Å². The highest BCUT2D eigenvalue weighted by Crippen LogP contribution is 2.20. The van der Waals surface area contributed by atoms with Crippen LogP contribution in [0.15, 0.2) is 18.2 Å². The zero-order valence-electron chi connectivity index (χ0n) is 11.9. The number of benzene rings is 1. The van der Waals surface area contributed by atoms with Crippen LogP contribution in [-0.2, 0) is 19.9 Å². The standard InChI is InChI=1S/C16H23N3/c1-3-5-16-18-14-11-12(7-8-15(14)19(16)2)10-13-6-4-9-17-13/h7-8,11,13,17H,3-6,9-10H2,1-2H3. The van der Waals surface area contributed by atoms with Crippen molar-refractivity contribution in [2.24, 2.45) is 7.05 Å². The van der Waals surface area contributed by atoms with Crippen molar-refractivity contribution in [3.63, 3.8) is 0 Å². The number of rotatable bonds is 4. The van der Waals surface area contributed by atoms with Gasteiger partial charge in [0.15, 0.2) is 0 Å². The summed E-state index contributed by atoms with van der Waals surface area (Å²) in [6.45, 7) is 3.38. The minimum Gasteiger partial charge on any atom is -0.331 e. The molecule has 1 saturated heterocycles. The van der Waals surface area contributed by atoms with Gasteiger partial charge in [0.1, 0.15) is 5.82 Å². The normalized spacial score (nSPS) is 19.4. The number of hydrogen-bond donors (Lipinski definition) is 1. The lowest BCUT2D eigenvalue weighted by Crippen LogP contribution is -2.23. The summed E-state index contributed by atoms with van der Waals surface area (Å²) in [5.41, 5.74) is 3.82. The number of fused-ring (bicyclic) bond motifs is 1. The quantitative estimate of drug-likeness (QED) is 0.912. The maximum Gasteiger partial charge on any atom is 0.109 e. The average Bonchev–Trinajstić information content (AvgIpc) is 3.00. The fraction of sp³-hybridized carbons (Fsp3) is 0.562. The molecule has 0 saturated carbocycles. The molecule has 1 atom stereocenters. The molecular weight excluding hydrogens is 234 g/mol. The van der Waals surface area contributed by atoms with Crippen molar-refractivity contribution < 1.29 is 0 Å². The molecule has 1 aliphatic rings. The van der Waals surface area contributed by atoms with Gasteiger partial charge in [0, 0.05) is 19.5 Å². The Labute approximate surface area is 115 Å². The third-order valence-corrected chi connectivity index (χ3v) is 4.16. The van der Waals surface area contributed by atoms with Crippen molar-refractivity contribution >= 4 is 11.0 Å². The van der Waals surface area contributed by atoms with Gasteiger partial charge in [0.25, 0.3) is 0 Å². The molecule has 1 aromatic carbocycles. The van der Waals surface area contributed by atoms with Gasteiger partial charge < -0.3 is 9.88 Å². The van der Waals surface area contributed by atoms with Crippen LogP contribution in [-0.4, -0.2) is 22.1 Å². The molecule has 0 amide bonds. The lowest BCUT2D eigenvalue weighted by molar-refractivity contribution is 0.603. The van der Waals surface area contributed by atoms with E-state index in [4.69, 9.17) is 4.98 Å². The Balaban J connectivity index is 1.87. The molecular formula is C16H23N3. The van der Waals surface area contributed by atoms with Crippen molar-refractivity contribution in [3.8, 4) is 0 Å². The highest BCUT2D eigenvalue weighted by molar-refractivity contribution is 5.76. The van der Waals surface area contributed by atoms with Gasteiger partial charge in [-0.3, -0.25) is 0 Å². The van der Waals surface area contributed by atoms with Crippen molar-refractivity contribution in [1.82, 2.24) is 14.9 Å². The second-order valence-electron chi connectivity index (χ2n) is 5.66. The van der Waals surface area contributed by atoms with Gasteiger partial charge in [-0.1, -0.05) is 13.0 Å². The first-order chi connectivity index (χ1) is 9.28. The van der Waals surface area contributed by atoms with E-state index in [2.05, 4.69) is 42.1 Å². The maximum absolute atomic E-state index is 4.78. The summed E-state index contributed by atoms with van der Waals surface area (Å²) >= 11 is 0. The molecule has 1 aromatic heterocycles. The van der Waals surface area contributed by atoms with Crippen LogP contribution in [0.3, 0.4) is 0 Å². The van der Waals surface area contributed by atoms with E-state index in [-0.39, 0.29) is 0 Å². The predicted molar refractivity (Wildman–Crippen MR) is 79.4 cm³/mol. The second-order valence-corrected chi connectivity index (χ2v) is 5.66. The number of aryl methyl sites for hydroxylation is 2. The molecule has 1 unspecified atom stereocenters. The molecule has 1 fully saturated rings. The average molecular weight is 257 g/mol. The van der Waals surface area contributed by atoms with E-state index in [0.717, 1.165) is 24.8 Å². The summed E-state index contributed by atoms with van der Waals surface area (Å²) in [6, 6.07) is 7.43. The Morgan fingerprint density at radius 3 is 3.05 bits per heavy atom. The first kappa shape index (κ1) is 12.7. The SMILES string of the molecule is CCCc1nc2cc(CC3CCCN3)ccc2n1C. The molecule has 0 spiro atoms. The fourth-order valence-electron chi connectivity index (χ4n) is 3.08. The first-order valence-electron chi connectivity index (χ1n) is 7.45. The summed E-state index contributed by atoms with van der Waals surface area (Å²) in [5, 5.41) is 3.56. The van der Waals surface area contributed by atoms with Crippen LogP contribution >= 0.6 is 0 Å².